The fourth-order valence-electron chi connectivity index (χ4n) is 2.95. The van der Waals surface area contributed by atoms with Gasteiger partial charge in [-0.3, -0.25) is 9.20 Å². The van der Waals surface area contributed by atoms with Gasteiger partial charge in [-0.25, -0.2) is 9.97 Å². The molecule has 1 amide bonds. The van der Waals surface area contributed by atoms with Gasteiger partial charge < -0.3 is 10.1 Å². The predicted octanol–water partition coefficient (Wildman–Crippen LogP) is 5.03. The number of nitrogens with zero attached hydrogens (tertiary/aromatic N) is 3. The Hall–Kier alpha value is -3.09. The average Bonchev–Trinajstić information content (AvgIpc) is 3.04. The Morgan fingerprint density at radius 3 is 2.83 bits per heavy atom. The Balaban J connectivity index is 1.48. The molecule has 29 heavy (non-hydrogen) atoms. The van der Waals surface area contributed by atoms with Crippen LogP contribution < -0.4 is 10.1 Å². The van der Waals surface area contributed by atoms with Gasteiger partial charge in [-0.05, 0) is 43.3 Å². The Bertz CT molecular complexity index is 1210. The number of anilines is 1. The van der Waals surface area contributed by atoms with Crippen molar-refractivity contribution in [1.29, 1.82) is 0 Å². The van der Waals surface area contributed by atoms with E-state index in [0.717, 1.165) is 17.0 Å². The maximum Gasteiger partial charge on any atom is 0.262 e. The van der Waals surface area contributed by atoms with Gasteiger partial charge in [-0.2, -0.15) is 0 Å². The molecular formula is C21H16Cl2N4O2. The van der Waals surface area contributed by atoms with E-state index >= 15 is 0 Å². The summed E-state index contributed by atoms with van der Waals surface area (Å²) in [6.07, 6.45) is 3.62. The summed E-state index contributed by atoms with van der Waals surface area (Å²) < 4.78 is 7.39. The molecule has 0 aliphatic carbocycles. The van der Waals surface area contributed by atoms with E-state index in [1.165, 1.54) is 0 Å². The Kier molecular flexibility index (Phi) is 5.38. The molecule has 0 aliphatic rings. The van der Waals surface area contributed by atoms with E-state index in [2.05, 4.69) is 15.3 Å². The Morgan fingerprint density at radius 1 is 1.17 bits per heavy atom. The molecule has 8 heteroatoms. The van der Waals surface area contributed by atoms with Crippen LogP contribution in [0.2, 0.25) is 10.0 Å². The maximum absolute atomic E-state index is 12.3. The second-order valence-corrected chi connectivity index (χ2v) is 7.17. The topological polar surface area (TPSA) is 68.5 Å². The van der Waals surface area contributed by atoms with Crippen LogP contribution in [0.15, 0.2) is 60.9 Å². The third-order valence-electron chi connectivity index (χ3n) is 4.31. The van der Waals surface area contributed by atoms with Gasteiger partial charge in [0.2, 0.25) is 5.78 Å². The number of ether oxygens (including phenoxy) is 1. The summed E-state index contributed by atoms with van der Waals surface area (Å²) in [6.45, 7) is 1.80. The number of aromatic nitrogens is 3. The lowest BCUT2D eigenvalue weighted by Crippen LogP contribution is -2.20. The number of hydrogen-bond donors (Lipinski definition) is 1. The number of carbonyl (C=O) groups excluding carboxylic acids is 1. The first-order chi connectivity index (χ1) is 14.0. The summed E-state index contributed by atoms with van der Waals surface area (Å²) in [5, 5.41) is 3.67. The van der Waals surface area contributed by atoms with Crippen LogP contribution in [0.25, 0.3) is 17.0 Å². The summed E-state index contributed by atoms with van der Waals surface area (Å²) in [5.74, 6) is 0.719. The van der Waals surface area contributed by atoms with Crippen LogP contribution in [0, 0.1) is 6.92 Å². The van der Waals surface area contributed by atoms with Crippen molar-refractivity contribution in [3.63, 3.8) is 0 Å². The van der Waals surface area contributed by atoms with Crippen molar-refractivity contribution < 1.29 is 9.53 Å². The maximum atomic E-state index is 12.3. The molecule has 0 saturated heterocycles. The van der Waals surface area contributed by atoms with Crippen LogP contribution in [0.4, 0.5) is 5.69 Å². The van der Waals surface area contributed by atoms with Crippen molar-refractivity contribution in [2.75, 3.05) is 11.9 Å². The van der Waals surface area contributed by atoms with Crippen LogP contribution in [0.1, 0.15) is 5.69 Å². The Morgan fingerprint density at radius 2 is 2.03 bits per heavy atom. The average molecular weight is 427 g/mol. The van der Waals surface area contributed by atoms with E-state index < -0.39 is 0 Å². The van der Waals surface area contributed by atoms with E-state index in [4.69, 9.17) is 27.9 Å². The zero-order chi connectivity index (χ0) is 20.4. The van der Waals surface area contributed by atoms with Gasteiger partial charge in [0.1, 0.15) is 5.75 Å². The molecule has 0 saturated carbocycles. The molecule has 2 heterocycles. The van der Waals surface area contributed by atoms with Crippen molar-refractivity contribution in [3.8, 4) is 17.0 Å². The van der Waals surface area contributed by atoms with Crippen LogP contribution in [0.5, 0.6) is 5.75 Å². The highest BCUT2D eigenvalue weighted by Gasteiger charge is 2.12. The van der Waals surface area contributed by atoms with E-state index in [0.29, 0.717) is 27.3 Å². The van der Waals surface area contributed by atoms with Crippen molar-refractivity contribution in [1.82, 2.24) is 14.4 Å². The molecule has 0 spiro atoms. The van der Waals surface area contributed by atoms with Gasteiger partial charge in [0.05, 0.1) is 10.7 Å². The van der Waals surface area contributed by atoms with Crippen LogP contribution in [0.3, 0.4) is 0 Å². The lowest BCUT2D eigenvalue weighted by atomic mass is 10.1. The van der Waals surface area contributed by atoms with Crippen molar-refractivity contribution in [2.45, 2.75) is 6.92 Å². The molecule has 0 bridgehead atoms. The first kappa shape index (κ1) is 19.2. The van der Waals surface area contributed by atoms with Crippen LogP contribution in [-0.4, -0.2) is 26.9 Å². The van der Waals surface area contributed by atoms with Gasteiger partial charge in [0.25, 0.3) is 5.91 Å². The number of fused-ring (bicyclic) bond motifs is 1. The van der Waals surface area contributed by atoms with Crippen LogP contribution in [-0.2, 0) is 4.79 Å². The highest BCUT2D eigenvalue weighted by atomic mass is 35.5. The summed E-state index contributed by atoms with van der Waals surface area (Å²) in [4.78, 5) is 21.1. The highest BCUT2D eigenvalue weighted by molar-refractivity contribution is 6.35. The molecule has 4 aromatic rings. The summed E-state index contributed by atoms with van der Waals surface area (Å²) in [5.41, 5.74) is 3.30. The van der Waals surface area contributed by atoms with Gasteiger partial charge in [-0.15, -0.1) is 0 Å². The van der Waals surface area contributed by atoms with Gasteiger partial charge in [0.15, 0.2) is 6.61 Å². The molecule has 0 unspecified atom stereocenters. The third kappa shape index (κ3) is 4.18. The number of carbonyl (C=O) groups is 1. The SMILES string of the molecule is Cc1c(-c2cccc(NC(=O)COc3ccc(Cl)cc3Cl)c2)nc2ncccn12. The number of imidazole rings is 1. The highest BCUT2D eigenvalue weighted by Crippen LogP contribution is 2.28. The Labute approximate surface area is 177 Å². The molecule has 6 nitrogen and oxygen atoms in total. The molecule has 4 rings (SSSR count). The monoisotopic (exact) mass is 426 g/mol. The smallest absolute Gasteiger partial charge is 0.262 e. The molecular weight excluding hydrogens is 411 g/mol. The molecule has 0 aliphatic heterocycles. The number of hydrogen-bond acceptors (Lipinski definition) is 4. The molecule has 146 valence electrons. The minimum Gasteiger partial charge on any atom is -0.482 e. The molecule has 1 N–H and O–H groups in total. The van der Waals surface area contributed by atoms with E-state index in [9.17, 15) is 4.79 Å². The quantitative estimate of drug-likeness (QED) is 0.485. The number of nitrogens with one attached hydrogen (secondary N) is 1. The molecule has 0 atom stereocenters. The minimum absolute atomic E-state index is 0.178. The zero-order valence-corrected chi connectivity index (χ0v) is 16.9. The minimum atomic E-state index is -0.304. The molecule has 2 aromatic heterocycles. The van der Waals surface area contributed by atoms with Crippen molar-refractivity contribution >= 4 is 40.6 Å². The first-order valence-corrected chi connectivity index (χ1v) is 9.54. The van der Waals surface area contributed by atoms with Crippen molar-refractivity contribution in [3.05, 3.63) is 76.7 Å². The summed E-state index contributed by atoms with van der Waals surface area (Å²) in [6, 6.07) is 14.2. The number of amides is 1. The number of aryl methyl sites for hydroxylation is 1. The predicted molar refractivity (Wildman–Crippen MR) is 114 cm³/mol. The number of rotatable bonds is 5. The van der Waals surface area contributed by atoms with Gasteiger partial charge >= 0.3 is 0 Å². The van der Waals surface area contributed by atoms with E-state index in [1.807, 2.05) is 41.8 Å². The first-order valence-electron chi connectivity index (χ1n) is 8.79. The van der Waals surface area contributed by atoms with Crippen molar-refractivity contribution in [2.24, 2.45) is 0 Å². The molecule has 0 radical (unpaired) electrons. The third-order valence-corrected chi connectivity index (χ3v) is 4.85. The number of halogens is 2. The van der Waals surface area contributed by atoms with E-state index in [1.54, 1.807) is 30.5 Å². The summed E-state index contributed by atoms with van der Waals surface area (Å²) in [7, 11) is 0. The largest absolute Gasteiger partial charge is 0.482 e. The van der Waals surface area contributed by atoms with Gasteiger partial charge in [0, 0.05) is 34.4 Å². The fourth-order valence-corrected chi connectivity index (χ4v) is 3.42. The number of benzene rings is 2. The molecule has 0 fully saturated rings. The fraction of sp³-hybridized carbons (Fsp3) is 0.0952. The van der Waals surface area contributed by atoms with Gasteiger partial charge in [-0.1, -0.05) is 35.3 Å². The summed E-state index contributed by atoms with van der Waals surface area (Å²) >= 11 is 11.9. The molecule has 2 aromatic carbocycles. The van der Waals surface area contributed by atoms with E-state index in [-0.39, 0.29) is 12.5 Å². The second kappa shape index (κ2) is 8.11. The second-order valence-electron chi connectivity index (χ2n) is 6.33. The lowest BCUT2D eigenvalue weighted by molar-refractivity contribution is -0.118. The lowest BCUT2D eigenvalue weighted by Gasteiger charge is -2.10. The normalized spacial score (nSPS) is 10.9. The standard InChI is InChI=1S/C21H16Cl2N4O2/c1-13-20(26-21-24-8-3-9-27(13)21)14-4-2-5-16(10-14)25-19(28)12-29-18-7-6-15(22)11-17(18)23/h2-11H,12H2,1H3,(H,25,28). The zero-order valence-electron chi connectivity index (χ0n) is 15.4. The van der Waals surface area contributed by atoms with Crippen LogP contribution >= 0.6 is 23.2 Å².